The maximum Gasteiger partial charge on any atom is 0.339 e. The third kappa shape index (κ3) is 4.08. The van der Waals surface area contributed by atoms with Crippen LogP contribution in [0.3, 0.4) is 0 Å². The quantitative estimate of drug-likeness (QED) is 0.436. The predicted molar refractivity (Wildman–Crippen MR) is 120 cm³/mol. The van der Waals surface area contributed by atoms with Gasteiger partial charge < -0.3 is 15.8 Å². The molecule has 0 saturated carbocycles. The first-order chi connectivity index (χ1) is 15.3. The van der Waals surface area contributed by atoms with E-state index in [4.69, 9.17) is 10.5 Å². The van der Waals surface area contributed by atoms with Crippen LogP contribution in [0.5, 0.6) is 0 Å². The van der Waals surface area contributed by atoms with Gasteiger partial charge in [0.1, 0.15) is 5.00 Å². The van der Waals surface area contributed by atoms with E-state index in [0.29, 0.717) is 27.4 Å². The van der Waals surface area contributed by atoms with Gasteiger partial charge in [-0.3, -0.25) is 14.3 Å². The lowest BCUT2D eigenvalue weighted by Crippen LogP contribution is -2.22. The number of fused-ring (bicyclic) bond motifs is 1. The number of primary amides is 1. The lowest BCUT2D eigenvalue weighted by atomic mass is 10.1. The number of carbonyl (C=O) groups excluding carboxylic acids is 3. The summed E-state index contributed by atoms with van der Waals surface area (Å²) in [5, 5.41) is 9.40. The Morgan fingerprint density at radius 2 is 1.91 bits per heavy atom. The van der Waals surface area contributed by atoms with Gasteiger partial charge in [0.2, 0.25) is 0 Å². The van der Waals surface area contributed by atoms with E-state index in [-0.39, 0.29) is 11.1 Å². The first-order valence-corrected chi connectivity index (χ1v) is 10.5. The lowest BCUT2D eigenvalue weighted by Gasteiger charge is -2.09. The molecule has 0 radical (unpaired) electrons. The summed E-state index contributed by atoms with van der Waals surface area (Å²) in [4.78, 5) is 41.3. The van der Waals surface area contributed by atoms with E-state index < -0.39 is 24.4 Å². The molecule has 0 bridgehead atoms. The van der Waals surface area contributed by atoms with Crippen LogP contribution in [-0.4, -0.2) is 39.2 Å². The van der Waals surface area contributed by atoms with Gasteiger partial charge >= 0.3 is 5.97 Å². The summed E-state index contributed by atoms with van der Waals surface area (Å²) in [5.41, 5.74) is 8.31. The summed E-state index contributed by atoms with van der Waals surface area (Å²) in [6.07, 6.45) is 0. The smallest absolute Gasteiger partial charge is 0.339 e. The summed E-state index contributed by atoms with van der Waals surface area (Å²) in [6, 6.07) is 12.6. The van der Waals surface area contributed by atoms with E-state index in [1.165, 1.54) is 6.07 Å². The molecule has 32 heavy (non-hydrogen) atoms. The molecule has 4 aromatic rings. The standard InChI is InChI=1S/C22H19N5O4S/c1-12-18-15(10-16(13-6-4-3-5-7-13)24-20(18)27(2)26-12)22(30)31-11-17(28)25-21-14(19(23)29)8-9-32-21/h3-10H,11H2,1-2H3,(H2,23,29)(H,25,28). The van der Waals surface area contributed by atoms with Gasteiger partial charge in [-0.25, -0.2) is 9.78 Å². The van der Waals surface area contributed by atoms with Crippen molar-refractivity contribution in [3.63, 3.8) is 0 Å². The van der Waals surface area contributed by atoms with Crippen molar-refractivity contribution in [2.75, 3.05) is 11.9 Å². The molecule has 9 nitrogen and oxygen atoms in total. The average molecular weight is 449 g/mol. The van der Waals surface area contributed by atoms with Gasteiger partial charge in [-0.15, -0.1) is 11.3 Å². The number of amides is 2. The van der Waals surface area contributed by atoms with Crippen LogP contribution in [0, 0.1) is 6.92 Å². The molecule has 162 valence electrons. The number of nitrogens with one attached hydrogen (secondary N) is 1. The second kappa shape index (κ2) is 8.60. The Labute approximate surface area is 186 Å². The van der Waals surface area contributed by atoms with Gasteiger partial charge in [0.05, 0.1) is 27.9 Å². The van der Waals surface area contributed by atoms with E-state index in [1.807, 2.05) is 30.3 Å². The molecule has 4 rings (SSSR count). The van der Waals surface area contributed by atoms with E-state index in [0.717, 1.165) is 16.9 Å². The minimum atomic E-state index is -0.679. The van der Waals surface area contributed by atoms with Crippen molar-refractivity contribution < 1.29 is 19.1 Å². The van der Waals surface area contributed by atoms with Crippen LogP contribution in [0.2, 0.25) is 0 Å². The monoisotopic (exact) mass is 449 g/mol. The summed E-state index contributed by atoms with van der Waals surface area (Å²) in [7, 11) is 1.75. The number of pyridine rings is 1. The zero-order chi connectivity index (χ0) is 22.8. The topological polar surface area (TPSA) is 129 Å². The van der Waals surface area contributed by atoms with Crippen molar-refractivity contribution in [3.05, 3.63) is 64.7 Å². The minimum Gasteiger partial charge on any atom is -0.452 e. The molecule has 1 aromatic carbocycles. The van der Waals surface area contributed by atoms with Crippen LogP contribution in [0.15, 0.2) is 47.8 Å². The SMILES string of the molecule is Cc1nn(C)c2nc(-c3ccccc3)cc(C(=O)OCC(=O)Nc3sccc3C(N)=O)c12. The highest BCUT2D eigenvalue weighted by Gasteiger charge is 2.21. The fourth-order valence-corrected chi connectivity index (χ4v) is 4.14. The number of benzene rings is 1. The van der Waals surface area contributed by atoms with Crippen molar-refractivity contribution in [3.8, 4) is 11.3 Å². The normalized spacial score (nSPS) is 10.8. The molecular formula is C22H19N5O4S. The highest BCUT2D eigenvalue weighted by molar-refractivity contribution is 7.14. The molecule has 0 aliphatic carbocycles. The van der Waals surface area contributed by atoms with Crippen molar-refractivity contribution in [2.45, 2.75) is 6.92 Å². The molecule has 0 saturated heterocycles. The Hall–Kier alpha value is -4.05. The second-order valence-corrected chi connectivity index (χ2v) is 7.90. The van der Waals surface area contributed by atoms with E-state index in [9.17, 15) is 14.4 Å². The Kier molecular flexibility index (Phi) is 5.69. The van der Waals surface area contributed by atoms with Crippen LogP contribution < -0.4 is 11.1 Å². The van der Waals surface area contributed by atoms with E-state index >= 15 is 0 Å². The molecule has 3 aromatic heterocycles. The fourth-order valence-electron chi connectivity index (χ4n) is 3.33. The van der Waals surface area contributed by atoms with Crippen molar-refractivity contribution in [1.82, 2.24) is 14.8 Å². The molecule has 0 aliphatic heterocycles. The molecule has 0 fully saturated rings. The van der Waals surface area contributed by atoms with Crippen LogP contribution in [0.25, 0.3) is 22.3 Å². The number of thiophene rings is 1. The highest BCUT2D eigenvalue weighted by Crippen LogP contribution is 2.27. The largest absolute Gasteiger partial charge is 0.452 e. The number of nitrogens with two attached hydrogens (primary N) is 1. The summed E-state index contributed by atoms with van der Waals surface area (Å²) < 4.78 is 6.87. The van der Waals surface area contributed by atoms with Crippen molar-refractivity contribution in [2.24, 2.45) is 12.8 Å². The number of anilines is 1. The van der Waals surface area contributed by atoms with Crippen LogP contribution in [0.4, 0.5) is 5.00 Å². The molecule has 0 spiro atoms. The number of aryl methyl sites for hydroxylation is 2. The summed E-state index contributed by atoms with van der Waals surface area (Å²) >= 11 is 1.15. The molecule has 10 heteroatoms. The summed E-state index contributed by atoms with van der Waals surface area (Å²) in [5.74, 6) is -1.92. The van der Waals surface area contributed by atoms with E-state index in [2.05, 4.69) is 15.4 Å². The Morgan fingerprint density at radius 3 is 2.62 bits per heavy atom. The van der Waals surface area contributed by atoms with Gasteiger partial charge in [0.25, 0.3) is 11.8 Å². The number of carbonyl (C=O) groups is 3. The molecule has 3 N–H and O–H groups in total. The number of ether oxygens (including phenoxy) is 1. The average Bonchev–Trinajstić information content (AvgIpc) is 3.36. The number of nitrogens with zero attached hydrogens (tertiary/aromatic N) is 3. The highest BCUT2D eigenvalue weighted by atomic mass is 32.1. The van der Waals surface area contributed by atoms with E-state index in [1.54, 1.807) is 30.1 Å². The molecule has 0 atom stereocenters. The molecule has 0 aliphatic rings. The van der Waals surface area contributed by atoms with Gasteiger partial charge in [-0.05, 0) is 24.4 Å². The molecule has 0 unspecified atom stereocenters. The number of hydrogen-bond donors (Lipinski definition) is 2. The van der Waals surface area contributed by atoms with Gasteiger partial charge in [0.15, 0.2) is 12.3 Å². The number of hydrogen-bond acceptors (Lipinski definition) is 7. The second-order valence-electron chi connectivity index (χ2n) is 6.98. The minimum absolute atomic E-state index is 0.198. The number of rotatable bonds is 6. The molecule has 3 heterocycles. The zero-order valence-corrected chi connectivity index (χ0v) is 18.1. The predicted octanol–water partition coefficient (Wildman–Crippen LogP) is 2.90. The lowest BCUT2D eigenvalue weighted by molar-refractivity contribution is -0.119. The van der Waals surface area contributed by atoms with Gasteiger partial charge in [-0.2, -0.15) is 5.10 Å². The fraction of sp³-hybridized carbons (Fsp3) is 0.136. The van der Waals surface area contributed by atoms with Crippen LogP contribution >= 0.6 is 11.3 Å². The maximum absolute atomic E-state index is 12.9. The first kappa shape index (κ1) is 21.2. The van der Waals surface area contributed by atoms with Crippen molar-refractivity contribution >= 4 is 45.2 Å². The molecular weight excluding hydrogens is 430 g/mol. The number of aromatic nitrogens is 3. The third-order valence-corrected chi connectivity index (χ3v) is 5.61. The van der Waals surface area contributed by atoms with Crippen LogP contribution in [-0.2, 0) is 16.6 Å². The Bertz CT molecular complexity index is 1340. The summed E-state index contributed by atoms with van der Waals surface area (Å²) in [6.45, 7) is 1.25. The number of esters is 1. The maximum atomic E-state index is 12.9. The Morgan fingerprint density at radius 1 is 1.16 bits per heavy atom. The Balaban J connectivity index is 1.59. The van der Waals surface area contributed by atoms with Gasteiger partial charge in [-0.1, -0.05) is 30.3 Å². The zero-order valence-electron chi connectivity index (χ0n) is 17.3. The first-order valence-electron chi connectivity index (χ1n) is 9.59. The van der Waals surface area contributed by atoms with Crippen molar-refractivity contribution in [1.29, 1.82) is 0 Å². The van der Waals surface area contributed by atoms with Gasteiger partial charge in [0, 0.05) is 12.6 Å². The van der Waals surface area contributed by atoms with Crippen LogP contribution in [0.1, 0.15) is 26.4 Å². The third-order valence-electron chi connectivity index (χ3n) is 4.78. The molecule has 2 amide bonds.